The van der Waals surface area contributed by atoms with Gasteiger partial charge in [0.05, 0.1) is 6.42 Å². The Balaban J connectivity index is 1.50. The predicted molar refractivity (Wildman–Crippen MR) is 134 cm³/mol. The second-order valence-electron chi connectivity index (χ2n) is 12.6. The van der Waals surface area contributed by atoms with Gasteiger partial charge in [-0.3, -0.25) is 4.79 Å². The monoisotopic (exact) mass is 454 g/mol. The minimum atomic E-state index is -0.0174. The van der Waals surface area contributed by atoms with Crippen LogP contribution >= 0.6 is 0 Å². The van der Waals surface area contributed by atoms with E-state index in [9.17, 15) is 4.79 Å². The van der Waals surface area contributed by atoms with Gasteiger partial charge in [-0.25, -0.2) is 0 Å². The molecule has 0 radical (unpaired) electrons. The summed E-state index contributed by atoms with van der Waals surface area (Å²) in [5, 5.41) is 3.54. The van der Waals surface area contributed by atoms with Crippen LogP contribution in [0.1, 0.15) is 79.1 Å². The molecule has 1 saturated heterocycles. The standard InChI is InChI=1S/C29H46N2O2/c1-18(2)7-12-27(32)33-26-16-25-22(9-8-20-15-21(30-5)13-14-28(20,25)4)24-11-10-23-19(3)31(6)17-29(23,24)26/h7-8,19,21-26,30H,9-17H2,1-6H3/t19-,21+,22+,23-,24+,25-,26-,28+,29-/m1/s1. The number of fused-ring (bicyclic) bond motifs is 4. The molecule has 1 spiro atoms. The highest BCUT2D eigenvalue weighted by molar-refractivity contribution is 5.71. The first kappa shape index (κ1) is 23.6. The third-order valence-electron chi connectivity index (χ3n) is 11.1. The Morgan fingerprint density at radius 3 is 2.73 bits per heavy atom. The van der Waals surface area contributed by atoms with Gasteiger partial charge in [-0.2, -0.15) is 0 Å². The number of carbonyl (C=O) groups excluding carboxylic acids is 1. The maximum atomic E-state index is 13.1. The Morgan fingerprint density at radius 1 is 1.24 bits per heavy atom. The molecule has 4 heteroatoms. The second-order valence-corrected chi connectivity index (χ2v) is 12.6. The lowest BCUT2D eigenvalue weighted by Gasteiger charge is -2.60. The Hall–Kier alpha value is -1.13. The van der Waals surface area contributed by atoms with Crippen LogP contribution in [0.15, 0.2) is 23.3 Å². The number of allylic oxidation sites excluding steroid dienone is 2. The smallest absolute Gasteiger partial charge is 0.309 e. The summed E-state index contributed by atoms with van der Waals surface area (Å²) in [6, 6.07) is 1.20. The van der Waals surface area contributed by atoms with E-state index >= 15 is 0 Å². The fraction of sp³-hybridized carbons (Fsp3) is 0.828. The number of nitrogens with zero attached hydrogens (tertiary/aromatic N) is 1. The van der Waals surface area contributed by atoms with E-state index in [-0.39, 0.29) is 22.9 Å². The van der Waals surface area contributed by atoms with E-state index in [2.05, 4.69) is 58.1 Å². The van der Waals surface area contributed by atoms with E-state index in [0.29, 0.717) is 36.3 Å². The van der Waals surface area contributed by atoms with Gasteiger partial charge in [0, 0.05) is 24.0 Å². The first-order chi connectivity index (χ1) is 15.7. The highest BCUT2D eigenvalue weighted by atomic mass is 16.5. The van der Waals surface area contributed by atoms with E-state index in [1.165, 1.54) is 44.1 Å². The largest absolute Gasteiger partial charge is 0.461 e. The van der Waals surface area contributed by atoms with Crippen LogP contribution in [0.5, 0.6) is 0 Å². The van der Waals surface area contributed by atoms with E-state index < -0.39 is 0 Å². The van der Waals surface area contributed by atoms with Crippen LogP contribution < -0.4 is 5.32 Å². The summed E-state index contributed by atoms with van der Waals surface area (Å²) >= 11 is 0. The van der Waals surface area contributed by atoms with E-state index in [1.54, 1.807) is 5.57 Å². The minimum absolute atomic E-state index is 0.0174. The molecular formula is C29H46N2O2. The predicted octanol–water partition coefficient (Wildman–Crippen LogP) is 5.35. The van der Waals surface area contributed by atoms with Gasteiger partial charge in [-0.1, -0.05) is 30.2 Å². The topological polar surface area (TPSA) is 41.6 Å². The number of rotatable bonds is 4. The third-order valence-corrected chi connectivity index (χ3v) is 11.1. The van der Waals surface area contributed by atoms with Crippen molar-refractivity contribution in [2.75, 3.05) is 20.6 Å². The van der Waals surface area contributed by atoms with Crippen LogP contribution in [0.2, 0.25) is 0 Å². The number of likely N-dealkylation sites (tertiary alicyclic amines) is 1. The van der Waals surface area contributed by atoms with Crippen LogP contribution in [0.25, 0.3) is 0 Å². The minimum Gasteiger partial charge on any atom is -0.461 e. The molecule has 4 aliphatic carbocycles. The van der Waals surface area contributed by atoms with Crippen molar-refractivity contribution in [3.8, 4) is 0 Å². The molecule has 5 aliphatic rings. The molecule has 0 aromatic carbocycles. The van der Waals surface area contributed by atoms with E-state index in [1.807, 2.05) is 6.08 Å². The van der Waals surface area contributed by atoms with Gasteiger partial charge in [0.15, 0.2) is 0 Å². The first-order valence-electron chi connectivity index (χ1n) is 13.6. The molecule has 4 nitrogen and oxygen atoms in total. The SMILES string of the molecule is CN[C@H]1CC[C@@]2(C)C(=CC[C@@H]3[C@H]2C[C@@H](OC(=O)CC=C(C)C)[C@]24CN(C)[C@H](C)[C@H]2CC[C@@H]34)C1. The molecular weight excluding hydrogens is 408 g/mol. The van der Waals surface area contributed by atoms with Crippen molar-refractivity contribution in [3.05, 3.63) is 23.3 Å². The van der Waals surface area contributed by atoms with Crippen molar-refractivity contribution in [2.24, 2.45) is 34.5 Å². The van der Waals surface area contributed by atoms with Crippen molar-refractivity contribution in [1.29, 1.82) is 0 Å². The summed E-state index contributed by atoms with van der Waals surface area (Å²) in [4.78, 5) is 15.6. The van der Waals surface area contributed by atoms with Crippen molar-refractivity contribution in [3.63, 3.8) is 0 Å². The van der Waals surface area contributed by atoms with Gasteiger partial charge < -0.3 is 15.0 Å². The number of hydrogen-bond acceptors (Lipinski definition) is 4. The van der Waals surface area contributed by atoms with E-state index in [0.717, 1.165) is 18.9 Å². The summed E-state index contributed by atoms with van der Waals surface area (Å²) in [5.74, 6) is 2.73. The molecule has 0 amide bonds. The lowest BCUT2D eigenvalue weighted by molar-refractivity contribution is -0.177. The summed E-state index contributed by atoms with van der Waals surface area (Å²) in [5.41, 5.74) is 3.30. The maximum absolute atomic E-state index is 13.1. The normalized spacial score (nSPS) is 46.5. The van der Waals surface area contributed by atoms with Crippen LogP contribution in [-0.2, 0) is 9.53 Å². The van der Waals surface area contributed by atoms with Crippen molar-refractivity contribution < 1.29 is 9.53 Å². The fourth-order valence-electron chi connectivity index (χ4n) is 9.29. The molecule has 33 heavy (non-hydrogen) atoms. The Labute approximate surface area is 201 Å². The zero-order valence-electron chi connectivity index (χ0n) is 21.8. The molecule has 5 rings (SSSR count). The van der Waals surface area contributed by atoms with Crippen LogP contribution in [0, 0.1) is 34.5 Å². The average Bonchev–Trinajstić information content (AvgIpc) is 3.27. The second kappa shape index (κ2) is 8.52. The lowest BCUT2D eigenvalue weighted by Crippen LogP contribution is -2.59. The molecule has 1 N–H and O–H groups in total. The van der Waals surface area contributed by atoms with Crippen LogP contribution in [0.4, 0.5) is 0 Å². The van der Waals surface area contributed by atoms with Gasteiger partial charge in [0.2, 0.25) is 0 Å². The summed E-state index contributed by atoms with van der Waals surface area (Å²) in [6.45, 7) is 10.2. The molecule has 184 valence electrons. The number of carbonyl (C=O) groups is 1. The molecule has 9 atom stereocenters. The van der Waals surface area contributed by atoms with Crippen LogP contribution in [0.3, 0.4) is 0 Å². The number of hydrogen-bond donors (Lipinski definition) is 1. The molecule has 1 aliphatic heterocycles. The van der Waals surface area contributed by atoms with E-state index in [4.69, 9.17) is 4.74 Å². The molecule has 1 heterocycles. The number of ether oxygens (including phenoxy) is 1. The summed E-state index contributed by atoms with van der Waals surface area (Å²) < 4.78 is 6.53. The summed E-state index contributed by atoms with van der Waals surface area (Å²) in [7, 11) is 4.41. The molecule has 0 unspecified atom stereocenters. The molecule has 0 aromatic heterocycles. The molecule has 0 bridgehead atoms. The van der Waals surface area contributed by atoms with Crippen LogP contribution in [-0.4, -0.2) is 49.7 Å². The highest BCUT2D eigenvalue weighted by Crippen LogP contribution is 2.69. The third kappa shape index (κ3) is 3.57. The van der Waals surface area contributed by atoms with Gasteiger partial charge in [0.1, 0.15) is 6.10 Å². The number of esters is 1. The van der Waals surface area contributed by atoms with Crippen molar-refractivity contribution in [1.82, 2.24) is 10.2 Å². The fourth-order valence-corrected chi connectivity index (χ4v) is 9.29. The van der Waals surface area contributed by atoms with Gasteiger partial charge >= 0.3 is 5.97 Å². The average molecular weight is 455 g/mol. The first-order valence-corrected chi connectivity index (χ1v) is 13.6. The van der Waals surface area contributed by atoms with Crippen molar-refractivity contribution in [2.45, 2.75) is 97.2 Å². The zero-order chi connectivity index (χ0) is 23.5. The molecule has 3 saturated carbocycles. The van der Waals surface area contributed by atoms with Gasteiger partial charge in [0.25, 0.3) is 0 Å². The Bertz CT molecular complexity index is 845. The number of nitrogens with one attached hydrogen (secondary N) is 1. The Morgan fingerprint density at radius 2 is 2.00 bits per heavy atom. The maximum Gasteiger partial charge on any atom is 0.309 e. The lowest BCUT2D eigenvalue weighted by atomic mass is 9.46. The molecule has 4 fully saturated rings. The molecule has 0 aromatic rings. The van der Waals surface area contributed by atoms with Gasteiger partial charge in [-0.05, 0) is 109 Å². The van der Waals surface area contributed by atoms with Gasteiger partial charge in [-0.15, -0.1) is 0 Å². The summed E-state index contributed by atoms with van der Waals surface area (Å²) in [6.07, 6.45) is 13.8. The zero-order valence-corrected chi connectivity index (χ0v) is 21.8. The Kier molecular flexibility index (Phi) is 6.09. The quantitative estimate of drug-likeness (QED) is 0.459. The van der Waals surface area contributed by atoms with Crippen molar-refractivity contribution >= 4 is 5.97 Å². The highest BCUT2D eigenvalue weighted by Gasteiger charge is 2.68.